The number of hydrogen-bond donors (Lipinski definition) is 2. The van der Waals surface area contributed by atoms with Gasteiger partial charge in [0.2, 0.25) is 0 Å². The van der Waals surface area contributed by atoms with Gasteiger partial charge in [0.1, 0.15) is 0 Å². The highest BCUT2D eigenvalue weighted by Gasteiger charge is 2.14. The molecule has 0 aliphatic rings. The third kappa shape index (κ3) is 3.88. The van der Waals surface area contributed by atoms with Crippen molar-refractivity contribution in [1.29, 1.82) is 0 Å². The smallest absolute Gasteiger partial charge is 0.313 e. The number of carbonyl (C=O) groups excluding carboxylic acids is 2. The lowest BCUT2D eigenvalue weighted by Crippen LogP contribution is -2.34. The van der Waals surface area contributed by atoms with Gasteiger partial charge in [0.05, 0.1) is 6.20 Å². The summed E-state index contributed by atoms with van der Waals surface area (Å²) in [6.07, 6.45) is 6.51. The molecule has 0 aliphatic carbocycles. The molecule has 3 rings (SSSR count). The van der Waals surface area contributed by atoms with Crippen LogP contribution in [0.5, 0.6) is 0 Å². The van der Waals surface area contributed by atoms with E-state index in [1.54, 1.807) is 30.2 Å². The van der Waals surface area contributed by atoms with Gasteiger partial charge in [-0.25, -0.2) is 0 Å². The Balaban J connectivity index is 1.61. The van der Waals surface area contributed by atoms with Gasteiger partial charge in [-0.2, -0.15) is 5.10 Å². The molecule has 0 atom stereocenters. The lowest BCUT2D eigenvalue weighted by molar-refractivity contribution is -0.136. The molecule has 2 amide bonds. The van der Waals surface area contributed by atoms with Crippen molar-refractivity contribution < 1.29 is 9.59 Å². The molecule has 0 saturated heterocycles. The normalized spacial score (nSPS) is 10.8. The second-order valence-corrected chi connectivity index (χ2v) is 5.94. The molecule has 0 saturated carbocycles. The third-order valence-corrected chi connectivity index (χ3v) is 3.91. The van der Waals surface area contributed by atoms with Crippen LogP contribution in [0.2, 0.25) is 0 Å². The van der Waals surface area contributed by atoms with Crippen molar-refractivity contribution in [3.63, 3.8) is 0 Å². The van der Waals surface area contributed by atoms with Crippen LogP contribution in [0.4, 0.5) is 5.69 Å². The van der Waals surface area contributed by atoms with Crippen molar-refractivity contribution in [1.82, 2.24) is 19.7 Å². The van der Waals surface area contributed by atoms with Crippen LogP contribution in [-0.4, -0.2) is 26.2 Å². The minimum absolute atomic E-state index is 0.263. The topological polar surface area (TPSA) is 81.0 Å². The van der Waals surface area contributed by atoms with Crippen molar-refractivity contribution in [3.05, 3.63) is 48.4 Å². The minimum atomic E-state index is -0.684. The first-order valence-electron chi connectivity index (χ1n) is 8.22. The van der Waals surface area contributed by atoms with Crippen molar-refractivity contribution in [2.24, 2.45) is 7.05 Å². The van der Waals surface area contributed by atoms with E-state index in [-0.39, 0.29) is 6.54 Å². The van der Waals surface area contributed by atoms with Crippen LogP contribution in [0.25, 0.3) is 10.9 Å². The zero-order chi connectivity index (χ0) is 17.8. The largest absolute Gasteiger partial charge is 0.347 e. The van der Waals surface area contributed by atoms with Crippen LogP contribution < -0.4 is 10.6 Å². The molecule has 2 aromatic heterocycles. The molecule has 0 spiro atoms. The van der Waals surface area contributed by atoms with Gasteiger partial charge in [-0.15, -0.1) is 0 Å². The van der Waals surface area contributed by atoms with Crippen molar-refractivity contribution in [2.75, 3.05) is 5.32 Å². The van der Waals surface area contributed by atoms with E-state index in [4.69, 9.17) is 0 Å². The quantitative estimate of drug-likeness (QED) is 0.698. The first kappa shape index (κ1) is 16.8. The number of rotatable bonds is 5. The molecule has 0 unspecified atom stereocenters. The average molecular weight is 339 g/mol. The van der Waals surface area contributed by atoms with Crippen LogP contribution >= 0.6 is 0 Å². The summed E-state index contributed by atoms with van der Waals surface area (Å²) in [7, 11) is 1.79. The number of hydrogen-bond acceptors (Lipinski definition) is 3. The molecule has 1 aromatic carbocycles. The van der Waals surface area contributed by atoms with Gasteiger partial charge in [0.15, 0.2) is 0 Å². The summed E-state index contributed by atoms with van der Waals surface area (Å²) in [6, 6.07) is 7.63. The van der Waals surface area contributed by atoms with Gasteiger partial charge in [0.25, 0.3) is 0 Å². The van der Waals surface area contributed by atoms with Gasteiger partial charge in [-0.05, 0) is 30.7 Å². The van der Waals surface area contributed by atoms with Gasteiger partial charge < -0.3 is 15.2 Å². The van der Waals surface area contributed by atoms with Crippen LogP contribution in [0.1, 0.15) is 18.9 Å². The predicted molar refractivity (Wildman–Crippen MR) is 95.9 cm³/mol. The summed E-state index contributed by atoms with van der Waals surface area (Å²) in [6.45, 7) is 3.34. The van der Waals surface area contributed by atoms with Gasteiger partial charge in [-0.3, -0.25) is 14.3 Å². The number of nitrogens with zero attached hydrogens (tertiary/aromatic N) is 3. The Morgan fingerprint density at radius 3 is 2.76 bits per heavy atom. The fourth-order valence-corrected chi connectivity index (χ4v) is 2.73. The van der Waals surface area contributed by atoms with E-state index in [2.05, 4.69) is 27.2 Å². The number of aryl methyl sites for hydroxylation is 2. The van der Waals surface area contributed by atoms with Crippen LogP contribution in [0.15, 0.2) is 42.9 Å². The number of anilines is 1. The van der Waals surface area contributed by atoms with E-state index >= 15 is 0 Å². The number of fused-ring (bicyclic) bond motifs is 1. The Kier molecular flexibility index (Phi) is 4.83. The Hall–Kier alpha value is -3.09. The number of carbonyl (C=O) groups is 2. The van der Waals surface area contributed by atoms with E-state index in [1.807, 2.05) is 24.4 Å². The maximum absolute atomic E-state index is 12.0. The van der Waals surface area contributed by atoms with E-state index in [0.29, 0.717) is 5.69 Å². The summed E-state index contributed by atoms with van der Waals surface area (Å²) in [5.74, 6) is -1.36. The number of benzene rings is 1. The maximum atomic E-state index is 12.0. The zero-order valence-corrected chi connectivity index (χ0v) is 14.3. The fourth-order valence-electron chi connectivity index (χ4n) is 2.73. The molecule has 2 N–H and O–H groups in total. The summed E-state index contributed by atoms with van der Waals surface area (Å²) in [5, 5.41) is 10.3. The zero-order valence-electron chi connectivity index (χ0n) is 14.3. The van der Waals surface area contributed by atoms with Crippen molar-refractivity contribution in [2.45, 2.75) is 26.4 Å². The molecule has 0 fully saturated rings. The molecular weight excluding hydrogens is 318 g/mol. The van der Waals surface area contributed by atoms with Gasteiger partial charge in [0, 0.05) is 54.7 Å². The summed E-state index contributed by atoms with van der Waals surface area (Å²) in [5.41, 5.74) is 2.55. The van der Waals surface area contributed by atoms with Crippen LogP contribution in [0, 0.1) is 0 Å². The Morgan fingerprint density at radius 2 is 2.04 bits per heavy atom. The Bertz CT molecular complexity index is 909. The lowest BCUT2D eigenvalue weighted by Gasteiger charge is -2.07. The molecule has 130 valence electrons. The molecule has 0 aliphatic heterocycles. The highest BCUT2D eigenvalue weighted by atomic mass is 16.2. The standard InChI is InChI=1S/C18H21N5O2/c1-3-7-23-8-6-14-9-15(4-5-16(14)23)21-18(25)17(24)19-10-13-11-20-22(2)12-13/h4-6,8-9,11-12H,3,7,10H2,1-2H3,(H,19,24)(H,21,25). The molecule has 3 aromatic rings. The Morgan fingerprint density at radius 1 is 1.20 bits per heavy atom. The van der Waals surface area contributed by atoms with Crippen LogP contribution in [0.3, 0.4) is 0 Å². The molecule has 7 nitrogen and oxygen atoms in total. The summed E-state index contributed by atoms with van der Waals surface area (Å²) < 4.78 is 3.81. The highest BCUT2D eigenvalue weighted by Crippen LogP contribution is 2.20. The molecule has 0 bridgehead atoms. The monoisotopic (exact) mass is 339 g/mol. The third-order valence-electron chi connectivity index (χ3n) is 3.91. The second-order valence-electron chi connectivity index (χ2n) is 5.94. The van der Waals surface area contributed by atoms with Crippen molar-refractivity contribution >= 4 is 28.4 Å². The van der Waals surface area contributed by atoms with Crippen LogP contribution in [-0.2, 0) is 29.7 Å². The van der Waals surface area contributed by atoms with E-state index in [1.165, 1.54) is 0 Å². The van der Waals surface area contributed by atoms with Crippen molar-refractivity contribution in [3.8, 4) is 0 Å². The average Bonchev–Trinajstić information content (AvgIpc) is 3.19. The summed E-state index contributed by atoms with van der Waals surface area (Å²) >= 11 is 0. The number of nitrogens with one attached hydrogen (secondary N) is 2. The lowest BCUT2D eigenvalue weighted by atomic mass is 10.2. The van der Waals surface area contributed by atoms with E-state index in [9.17, 15) is 9.59 Å². The molecule has 0 radical (unpaired) electrons. The predicted octanol–water partition coefficient (Wildman–Crippen LogP) is 2.04. The SMILES string of the molecule is CCCn1ccc2cc(NC(=O)C(=O)NCc3cnn(C)c3)ccc21. The molecule has 7 heteroatoms. The molecular formula is C18H21N5O2. The first-order valence-corrected chi connectivity index (χ1v) is 8.22. The van der Waals surface area contributed by atoms with Gasteiger partial charge in [-0.1, -0.05) is 6.92 Å². The minimum Gasteiger partial charge on any atom is -0.347 e. The van der Waals surface area contributed by atoms with E-state index < -0.39 is 11.8 Å². The summed E-state index contributed by atoms with van der Waals surface area (Å²) in [4.78, 5) is 24.0. The number of aromatic nitrogens is 3. The Labute approximate surface area is 145 Å². The maximum Gasteiger partial charge on any atom is 0.313 e. The molecule has 2 heterocycles. The highest BCUT2D eigenvalue weighted by molar-refractivity contribution is 6.39. The first-order chi connectivity index (χ1) is 12.1. The van der Waals surface area contributed by atoms with Gasteiger partial charge >= 0.3 is 11.8 Å². The number of amides is 2. The molecule has 25 heavy (non-hydrogen) atoms. The van der Waals surface area contributed by atoms with E-state index in [0.717, 1.165) is 29.4 Å². The second kappa shape index (κ2) is 7.21. The fraction of sp³-hybridized carbons (Fsp3) is 0.278.